The number of amides is 2. The fourth-order valence-corrected chi connectivity index (χ4v) is 3.61. The Balaban J connectivity index is 3.58. The van der Waals surface area contributed by atoms with Crippen LogP contribution in [-0.2, 0) is 20.2 Å². The molecule has 0 aliphatic carbocycles. The summed E-state index contributed by atoms with van der Waals surface area (Å²) in [6.45, 7) is 0. The van der Waals surface area contributed by atoms with Crippen LogP contribution in [0.2, 0.25) is 0 Å². The van der Waals surface area contributed by atoms with Crippen LogP contribution in [0.4, 0.5) is 10.7 Å². The summed E-state index contributed by atoms with van der Waals surface area (Å²) in [7, 11) is -5.89. The van der Waals surface area contributed by atoms with E-state index < -0.39 is 32.2 Å². The van der Waals surface area contributed by atoms with Gasteiger partial charge in [-0.2, -0.15) is 18.4 Å². The highest BCUT2D eigenvalue weighted by molar-refractivity contribution is 8.04. The van der Waals surface area contributed by atoms with Gasteiger partial charge in [-0.3, -0.25) is 0 Å². The number of ether oxygens (including phenoxy) is 2. The second kappa shape index (κ2) is 6.51. The molecular formula is C9H15N5O7S2. The summed E-state index contributed by atoms with van der Waals surface area (Å²) in [5, 5.41) is 0. The molecule has 2 amide bonds. The molecule has 0 aliphatic heterocycles. The molecule has 0 aromatic carbocycles. The second-order valence-electron chi connectivity index (χ2n) is 4.01. The first kappa shape index (κ1) is 18.9. The van der Waals surface area contributed by atoms with Crippen LogP contribution in [0, 0.1) is 0 Å². The molecule has 0 radical (unpaired) electrons. The standard InChI is InChI=1S/C9H15N5O7S2/c1-13(22(4,16)17)23(18,19)14(8(10)15)9-11-6(20-2)5-7(12-9)21-3/h5H,1-4H3,(H2,10,15). The van der Waals surface area contributed by atoms with Crippen LogP contribution < -0.4 is 19.5 Å². The Bertz CT molecular complexity index is 785. The van der Waals surface area contributed by atoms with E-state index in [1.807, 2.05) is 0 Å². The number of primary amides is 1. The fraction of sp³-hybridized carbons (Fsp3) is 0.444. The van der Waals surface area contributed by atoms with Crippen LogP contribution in [0.1, 0.15) is 0 Å². The number of hydrogen-bond acceptors (Lipinski definition) is 9. The van der Waals surface area contributed by atoms with Crippen molar-refractivity contribution in [2.24, 2.45) is 5.73 Å². The van der Waals surface area contributed by atoms with Gasteiger partial charge in [0.2, 0.25) is 21.8 Å². The normalized spacial score (nSPS) is 12.0. The quantitative estimate of drug-likeness (QED) is 0.629. The number of nitrogens with two attached hydrogens (primary N) is 1. The van der Waals surface area contributed by atoms with Gasteiger partial charge in [-0.15, -0.1) is 4.31 Å². The van der Waals surface area contributed by atoms with Crippen molar-refractivity contribution in [3.8, 4) is 11.8 Å². The number of aromatic nitrogens is 2. The van der Waals surface area contributed by atoms with Crippen molar-refractivity contribution in [3.05, 3.63) is 6.07 Å². The molecule has 0 aliphatic rings. The SMILES string of the molecule is COc1cc(OC)nc(N(C(N)=O)S(=O)(=O)N(C)S(C)(=O)=O)n1. The lowest BCUT2D eigenvalue weighted by Crippen LogP contribution is -2.50. The lowest BCUT2D eigenvalue weighted by molar-refractivity contribution is 0.256. The highest BCUT2D eigenvalue weighted by Gasteiger charge is 2.38. The van der Waals surface area contributed by atoms with Crippen LogP contribution in [-0.4, -0.2) is 64.1 Å². The molecule has 130 valence electrons. The molecule has 1 rings (SSSR count). The minimum atomic E-state index is -4.89. The van der Waals surface area contributed by atoms with Gasteiger partial charge in [0.1, 0.15) is 0 Å². The molecular weight excluding hydrogens is 354 g/mol. The number of urea groups is 1. The lowest BCUT2D eigenvalue weighted by Gasteiger charge is -2.23. The number of hydrogen-bond donors (Lipinski definition) is 1. The Labute approximate surface area is 133 Å². The van der Waals surface area contributed by atoms with Gasteiger partial charge in [0.05, 0.1) is 26.5 Å². The topological polar surface area (TPSA) is 162 Å². The highest BCUT2D eigenvalue weighted by Crippen LogP contribution is 2.23. The van der Waals surface area contributed by atoms with Crippen molar-refractivity contribution in [3.63, 3.8) is 0 Å². The zero-order valence-corrected chi connectivity index (χ0v) is 14.3. The number of sulfonamides is 1. The number of carbonyl (C=O) groups is 1. The van der Waals surface area contributed by atoms with Gasteiger partial charge in [0.15, 0.2) is 0 Å². The maximum Gasteiger partial charge on any atom is 0.336 e. The van der Waals surface area contributed by atoms with E-state index in [9.17, 15) is 21.6 Å². The van der Waals surface area contributed by atoms with E-state index >= 15 is 0 Å². The van der Waals surface area contributed by atoms with E-state index in [0.717, 1.165) is 7.05 Å². The molecule has 12 nitrogen and oxygen atoms in total. The monoisotopic (exact) mass is 369 g/mol. The molecule has 0 bridgehead atoms. The maximum absolute atomic E-state index is 12.3. The van der Waals surface area contributed by atoms with E-state index in [2.05, 4.69) is 9.97 Å². The summed E-state index contributed by atoms with van der Waals surface area (Å²) in [5.74, 6) is -0.991. The summed E-state index contributed by atoms with van der Waals surface area (Å²) in [4.78, 5) is 18.9. The number of methoxy groups -OCH3 is 2. The van der Waals surface area contributed by atoms with Gasteiger partial charge in [-0.25, -0.2) is 13.2 Å². The molecule has 1 aromatic heterocycles. The van der Waals surface area contributed by atoms with Gasteiger partial charge in [0.25, 0.3) is 5.95 Å². The average Bonchev–Trinajstić information content (AvgIpc) is 2.44. The Morgan fingerprint density at radius 3 is 1.87 bits per heavy atom. The van der Waals surface area contributed by atoms with Crippen LogP contribution in [0.25, 0.3) is 0 Å². The van der Waals surface area contributed by atoms with Gasteiger partial charge in [0, 0.05) is 7.05 Å². The number of nitrogens with zero attached hydrogens (tertiary/aromatic N) is 4. The Morgan fingerprint density at radius 1 is 1.13 bits per heavy atom. The molecule has 23 heavy (non-hydrogen) atoms. The summed E-state index contributed by atoms with van der Waals surface area (Å²) in [6, 6.07) is -0.300. The summed E-state index contributed by atoms with van der Waals surface area (Å²) in [5.41, 5.74) is 5.04. The highest BCUT2D eigenvalue weighted by atomic mass is 32.3. The van der Waals surface area contributed by atoms with Crippen LogP contribution in [0.15, 0.2) is 6.07 Å². The molecule has 0 saturated carbocycles. The van der Waals surface area contributed by atoms with Gasteiger partial charge in [-0.05, 0) is 0 Å². The molecule has 0 spiro atoms. The van der Waals surface area contributed by atoms with Gasteiger partial charge in [-0.1, -0.05) is 3.71 Å². The number of anilines is 1. The third kappa shape index (κ3) is 3.96. The van der Waals surface area contributed by atoms with Crippen LogP contribution in [0.3, 0.4) is 0 Å². The predicted octanol–water partition coefficient (Wildman–Crippen LogP) is -1.48. The second-order valence-corrected chi connectivity index (χ2v) is 8.06. The molecule has 0 fully saturated rings. The molecule has 2 N–H and O–H groups in total. The van der Waals surface area contributed by atoms with E-state index in [0.29, 0.717) is 6.26 Å². The van der Waals surface area contributed by atoms with Gasteiger partial charge >= 0.3 is 16.2 Å². The largest absolute Gasteiger partial charge is 0.481 e. The first-order valence-electron chi connectivity index (χ1n) is 5.71. The van der Waals surface area contributed by atoms with Crippen molar-refractivity contribution >= 4 is 32.2 Å². The zero-order valence-electron chi connectivity index (χ0n) is 12.6. The predicted molar refractivity (Wildman–Crippen MR) is 78.7 cm³/mol. The third-order valence-electron chi connectivity index (χ3n) is 2.49. The van der Waals surface area contributed by atoms with Crippen molar-refractivity contribution in [2.45, 2.75) is 0 Å². The van der Waals surface area contributed by atoms with Crippen LogP contribution in [0.5, 0.6) is 11.8 Å². The van der Waals surface area contributed by atoms with Crippen molar-refractivity contribution < 1.29 is 31.1 Å². The summed E-state index contributed by atoms with van der Waals surface area (Å²) < 4.78 is 57.1. The molecule has 14 heteroatoms. The summed E-state index contributed by atoms with van der Waals surface area (Å²) >= 11 is 0. The van der Waals surface area contributed by atoms with Gasteiger partial charge < -0.3 is 15.2 Å². The van der Waals surface area contributed by atoms with Crippen LogP contribution >= 0.6 is 0 Å². The number of rotatable bonds is 6. The molecule has 0 atom stereocenters. The smallest absolute Gasteiger partial charge is 0.336 e. The number of carbonyl (C=O) groups excluding carboxylic acids is 1. The van der Waals surface area contributed by atoms with Crippen molar-refractivity contribution in [2.75, 3.05) is 31.8 Å². The van der Waals surface area contributed by atoms with Crippen molar-refractivity contribution in [1.82, 2.24) is 13.7 Å². The van der Waals surface area contributed by atoms with E-state index in [-0.39, 0.29) is 19.8 Å². The van der Waals surface area contributed by atoms with E-state index in [1.165, 1.54) is 20.3 Å². The Hall–Kier alpha value is -2.19. The van der Waals surface area contributed by atoms with E-state index in [4.69, 9.17) is 15.2 Å². The molecule has 1 aromatic rings. The third-order valence-corrected chi connectivity index (χ3v) is 6.26. The first-order valence-corrected chi connectivity index (χ1v) is 8.95. The molecule has 0 saturated heterocycles. The Kier molecular flexibility index (Phi) is 5.34. The Morgan fingerprint density at radius 2 is 1.57 bits per heavy atom. The lowest BCUT2D eigenvalue weighted by atomic mass is 10.6. The zero-order chi connectivity index (χ0) is 18.0. The van der Waals surface area contributed by atoms with Crippen molar-refractivity contribution in [1.29, 1.82) is 0 Å². The summed E-state index contributed by atoms with van der Waals surface area (Å²) in [6.07, 6.45) is 0.636. The minimum absolute atomic E-state index is 0.0416. The first-order chi connectivity index (χ1) is 10.4. The maximum atomic E-state index is 12.3. The van der Waals surface area contributed by atoms with E-state index in [1.54, 1.807) is 0 Å². The fourth-order valence-electron chi connectivity index (χ4n) is 1.29. The minimum Gasteiger partial charge on any atom is -0.481 e. The average molecular weight is 369 g/mol. The molecule has 1 heterocycles. The molecule has 0 unspecified atom stereocenters.